The molecule has 1 heterocycles. The van der Waals surface area contributed by atoms with Gasteiger partial charge >= 0.3 is 0 Å². The molecule has 0 atom stereocenters. The average molecular weight is 283 g/mol. The highest BCUT2D eigenvalue weighted by atomic mass is 35.5. The van der Waals surface area contributed by atoms with Crippen LogP contribution < -0.4 is 5.73 Å². The van der Waals surface area contributed by atoms with Crippen molar-refractivity contribution in [3.63, 3.8) is 0 Å². The molecule has 7 heteroatoms. The van der Waals surface area contributed by atoms with E-state index >= 15 is 0 Å². The molecular weight excluding hydrogens is 271 g/mol. The summed E-state index contributed by atoms with van der Waals surface area (Å²) in [4.78, 5) is 13.1. The summed E-state index contributed by atoms with van der Waals surface area (Å²) in [6.07, 6.45) is 1.57. The number of nitrogens with two attached hydrogens (primary N) is 1. The Labute approximate surface area is 114 Å². The van der Waals surface area contributed by atoms with Gasteiger partial charge in [0.05, 0.1) is 16.4 Å². The first-order valence-corrected chi connectivity index (χ1v) is 5.80. The van der Waals surface area contributed by atoms with E-state index in [0.29, 0.717) is 5.69 Å². The molecule has 0 saturated heterocycles. The van der Waals surface area contributed by atoms with Gasteiger partial charge in [-0.1, -0.05) is 11.6 Å². The average Bonchev–Trinajstić information content (AvgIpc) is 2.81. The van der Waals surface area contributed by atoms with E-state index in [-0.39, 0.29) is 22.3 Å². The first kappa shape index (κ1) is 13.4. The van der Waals surface area contributed by atoms with Crippen molar-refractivity contribution in [2.45, 2.75) is 0 Å². The van der Waals surface area contributed by atoms with Crippen LogP contribution in [0.5, 0.6) is 0 Å². The third-order valence-electron chi connectivity index (χ3n) is 2.53. The van der Waals surface area contributed by atoms with Crippen LogP contribution in [0.1, 0.15) is 10.5 Å². The minimum Gasteiger partial charge on any atom is -0.397 e. The van der Waals surface area contributed by atoms with Crippen LogP contribution >= 0.6 is 11.6 Å². The lowest BCUT2D eigenvalue weighted by molar-refractivity contribution is 0.0821. The van der Waals surface area contributed by atoms with Gasteiger partial charge in [-0.05, 0) is 12.1 Å². The Balaban J connectivity index is 2.44. The number of amides is 1. The molecule has 0 saturated carbocycles. The van der Waals surface area contributed by atoms with Gasteiger partial charge in [0.25, 0.3) is 5.91 Å². The maximum Gasteiger partial charge on any atom is 0.273 e. The van der Waals surface area contributed by atoms with Crippen molar-refractivity contribution < 1.29 is 9.18 Å². The van der Waals surface area contributed by atoms with E-state index < -0.39 is 5.82 Å². The predicted molar refractivity (Wildman–Crippen MR) is 71.0 cm³/mol. The lowest BCUT2D eigenvalue weighted by atomic mass is 10.2. The van der Waals surface area contributed by atoms with Gasteiger partial charge in [-0.15, -0.1) is 0 Å². The highest BCUT2D eigenvalue weighted by Gasteiger charge is 2.14. The molecule has 2 N–H and O–H groups in total. The number of anilines is 1. The van der Waals surface area contributed by atoms with E-state index in [1.54, 1.807) is 26.4 Å². The first-order chi connectivity index (χ1) is 8.90. The van der Waals surface area contributed by atoms with Crippen molar-refractivity contribution in [1.82, 2.24) is 14.7 Å². The lowest BCUT2D eigenvalue weighted by Crippen LogP contribution is -2.22. The maximum atomic E-state index is 13.2. The van der Waals surface area contributed by atoms with Crippen molar-refractivity contribution >= 4 is 23.2 Å². The fraction of sp³-hybridized carbons (Fsp3) is 0.167. The molecule has 0 fully saturated rings. The number of carbonyl (C=O) groups is 1. The van der Waals surface area contributed by atoms with Crippen molar-refractivity contribution in [3.05, 3.63) is 40.9 Å². The van der Waals surface area contributed by atoms with Gasteiger partial charge in [0.15, 0.2) is 5.69 Å². The number of hydrogen-bond donors (Lipinski definition) is 1. The van der Waals surface area contributed by atoms with E-state index in [0.717, 1.165) is 6.07 Å². The molecule has 19 heavy (non-hydrogen) atoms. The monoisotopic (exact) mass is 282 g/mol. The zero-order valence-corrected chi connectivity index (χ0v) is 11.1. The summed E-state index contributed by atoms with van der Waals surface area (Å²) in [6, 6.07) is 4.04. The molecule has 2 rings (SSSR count). The van der Waals surface area contributed by atoms with Crippen molar-refractivity contribution in [3.8, 4) is 5.69 Å². The number of hydrogen-bond acceptors (Lipinski definition) is 3. The molecule has 0 aliphatic carbocycles. The topological polar surface area (TPSA) is 64.2 Å². The van der Waals surface area contributed by atoms with Crippen molar-refractivity contribution in [2.24, 2.45) is 0 Å². The molecule has 2 aromatic rings. The molecule has 100 valence electrons. The molecule has 1 aromatic carbocycles. The normalized spacial score (nSPS) is 10.5. The second kappa shape index (κ2) is 4.89. The van der Waals surface area contributed by atoms with Gasteiger partial charge in [0.1, 0.15) is 5.82 Å². The Morgan fingerprint density at radius 2 is 2.16 bits per heavy atom. The second-order valence-corrected chi connectivity index (χ2v) is 4.58. The molecule has 0 spiro atoms. The highest BCUT2D eigenvalue weighted by molar-refractivity contribution is 6.31. The van der Waals surface area contributed by atoms with Gasteiger partial charge in [-0.3, -0.25) is 4.79 Å². The summed E-state index contributed by atoms with van der Waals surface area (Å²) in [5, 5.41) is 4.04. The summed E-state index contributed by atoms with van der Waals surface area (Å²) in [6.45, 7) is 0. The first-order valence-electron chi connectivity index (χ1n) is 5.42. The number of aromatic nitrogens is 2. The van der Waals surface area contributed by atoms with Crippen LogP contribution in [-0.4, -0.2) is 34.7 Å². The Bertz CT molecular complexity index is 639. The molecule has 0 aliphatic heterocycles. The number of benzene rings is 1. The predicted octanol–water partition coefficient (Wildman–Crippen LogP) is 1.95. The number of halogens is 2. The summed E-state index contributed by atoms with van der Waals surface area (Å²) < 4.78 is 14.6. The fourth-order valence-electron chi connectivity index (χ4n) is 1.55. The SMILES string of the molecule is CN(C)C(=O)c1ccn(-c2cc(Cl)c(F)cc2N)n1. The fourth-order valence-corrected chi connectivity index (χ4v) is 1.71. The van der Waals surface area contributed by atoms with Crippen LogP contribution in [0.4, 0.5) is 10.1 Å². The quantitative estimate of drug-likeness (QED) is 0.856. The lowest BCUT2D eigenvalue weighted by Gasteiger charge is -2.08. The van der Waals surface area contributed by atoms with Crippen molar-refractivity contribution in [1.29, 1.82) is 0 Å². The summed E-state index contributed by atoms with van der Waals surface area (Å²) >= 11 is 5.71. The third-order valence-corrected chi connectivity index (χ3v) is 2.82. The Hall–Kier alpha value is -2.08. The molecule has 0 radical (unpaired) electrons. The Kier molecular flexibility index (Phi) is 3.44. The van der Waals surface area contributed by atoms with Crippen LogP contribution in [0.2, 0.25) is 5.02 Å². The molecule has 1 amide bonds. The number of rotatable bonds is 2. The van der Waals surface area contributed by atoms with E-state index in [9.17, 15) is 9.18 Å². The molecule has 0 unspecified atom stereocenters. The maximum absolute atomic E-state index is 13.2. The van der Waals surface area contributed by atoms with E-state index in [1.807, 2.05) is 0 Å². The summed E-state index contributed by atoms with van der Waals surface area (Å²) in [7, 11) is 3.26. The molecule has 0 bridgehead atoms. The third kappa shape index (κ3) is 2.53. The minimum atomic E-state index is -0.598. The van der Waals surface area contributed by atoms with Crippen molar-refractivity contribution in [2.75, 3.05) is 19.8 Å². The zero-order valence-electron chi connectivity index (χ0n) is 10.4. The molecule has 0 aliphatic rings. The van der Waals surface area contributed by atoms with Gasteiger partial charge in [0, 0.05) is 26.4 Å². The molecular formula is C12H12ClFN4O. The smallest absolute Gasteiger partial charge is 0.273 e. The van der Waals surface area contributed by atoms with Gasteiger partial charge in [0.2, 0.25) is 0 Å². The van der Waals surface area contributed by atoms with Crippen LogP contribution in [-0.2, 0) is 0 Å². The van der Waals surface area contributed by atoms with E-state index in [1.165, 1.54) is 15.6 Å². The molecule has 1 aromatic heterocycles. The largest absolute Gasteiger partial charge is 0.397 e. The Morgan fingerprint density at radius 3 is 2.79 bits per heavy atom. The Morgan fingerprint density at radius 1 is 1.47 bits per heavy atom. The summed E-state index contributed by atoms with van der Waals surface area (Å²) in [5.41, 5.74) is 6.59. The zero-order chi connectivity index (χ0) is 14.2. The van der Waals surface area contributed by atoms with Gasteiger partial charge in [-0.25, -0.2) is 9.07 Å². The van der Waals surface area contributed by atoms with Crippen LogP contribution in [0.3, 0.4) is 0 Å². The van der Waals surface area contributed by atoms with E-state index in [2.05, 4.69) is 5.10 Å². The second-order valence-electron chi connectivity index (χ2n) is 4.17. The van der Waals surface area contributed by atoms with E-state index in [4.69, 9.17) is 17.3 Å². The number of nitrogen functional groups attached to an aromatic ring is 1. The van der Waals surface area contributed by atoms with Gasteiger partial charge in [-0.2, -0.15) is 5.10 Å². The number of carbonyl (C=O) groups excluding carboxylic acids is 1. The van der Waals surface area contributed by atoms with Crippen LogP contribution in [0.25, 0.3) is 5.69 Å². The number of nitrogens with zero attached hydrogens (tertiary/aromatic N) is 3. The highest BCUT2D eigenvalue weighted by Crippen LogP contribution is 2.24. The standard InChI is InChI=1S/C12H12ClFN4O/c1-17(2)12(19)10-3-4-18(16-10)11-5-7(13)8(14)6-9(11)15/h3-6H,15H2,1-2H3. The van der Waals surface area contributed by atoms with Crippen LogP contribution in [0, 0.1) is 5.82 Å². The minimum absolute atomic E-state index is 0.0554. The van der Waals surface area contributed by atoms with Gasteiger partial charge < -0.3 is 10.6 Å². The van der Waals surface area contributed by atoms with Crippen LogP contribution in [0.15, 0.2) is 24.4 Å². The molecule has 5 nitrogen and oxygen atoms in total. The summed E-state index contributed by atoms with van der Waals surface area (Å²) in [5.74, 6) is -0.829.